The third-order valence-electron chi connectivity index (χ3n) is 4.33. The van der Waals surface area contributed by atoms with Crippen LogP contribution in [0.15, 0.2) is 34.9 Å². The molecule has 146 valence electrons. The second kappa shape index (κ2) is 8.39. The Kier molecular flexibility index (Phi) is 5.94. The number of rotatable bonds is 7. The minimum absolute atomic E-state index is 0.199. The van der Waals surface area contributed by atoms with Gasteiger partial charge in [-0.1, -0.05) is 5.16 Å². The third kappa shape index (κ3) is 4.48. The second-order valence-corrected chi connectivity index (χ2v) is 7.90. The number of aromatic nitrogens is 1. The Morgan fingerprint density at radius 3 is 2.39 bits per heavy atom. The number of benzene rings is 1. The summed E-state index contributed by atoms with van der Waals surface area (Å²) in [5.41, 5.74) is 2.66. The van der Waals surface area contributed by atoms with Crippen LogP contribution in [0.2, 0.25) is 0 Å². The minimum Gasteiger partial charge on any atom is -0.489 e. The predicted molar refractivity (Wildman–Crippen MR) is 105 cm³/mol. The third-order valence-corrected chi connectivity index (χ3v) is 5.30. The molecule has 0 atom stereocenters. The van der Waals surface area contributed by atoms with Crippen molar-refractivity contribution in [2.24, 2.45) is 0 Å². The molecule has 0 unspecified atom stereocenters. The summed E-state index contributed by atoms with van der Waals surface area (Å²) in [5, 5.41) is 3.89. The normalized spacial score (nSPS) is 10.7. The zero-order valence-electron chi connectivity index (χ0n) is 16.2. The van der Waals surface area contributed by atoms with E-state index >= 15 is 0 Å². The van der Waals surface area contributed by atoms with Gasteiger partial charge in [0.2, 0.25) is 5.78 Å². The number of ether oxygens (including phenoxy) is 2. The number of esters is 1. The SMILES string of the molecule is Cc1cc(C(=O)COC(=O)c2ccc(OCc3c(C)noc3C)cc2)c(C)s1. The lowest BCUT2D eigenvalue weighted by Gasteiger charge is -2.07. The van der Waals surface area contributed by atoms with Crippen molar-refractivity contribution < 1.29 is 23.6 Å². The topological polar surface area (TPSA) is 78.6 Å². The van der Waals surface area contributed by atoms with Crippen LogP contribution in [-0.4, -0.2) is 23.5 Å². The van der Waals surface area contributed by atoms with Crippen LogP contribution in [0.5, 0.6) is 5.75 Å². The summed E-state index contributed by atoms with van der Waals surface area (Å²) < 4.78 is 16.0. The Morgan fingerprint density at radius 1 is 1.11 bits per heavy atom. The van der Waals surface area contributed by atoms with Crippen LogP contribution in [-0.2, 0) is 11.3 Å². The van der Waals surface area contributed by atoms with E-state index in [4.69, 9.17) is 14.0 Å². The molecule has 2 heterocycles. The summed E-state index contributed by atoms with van der Waals surface area (Å²) in [7, 11) is 0. The van der Waals surface area contributed by atoms with E-state index in [0.717, 1.165) is 26.8 Å². The highest BCUT2D eigenvalue weighted by atomic mass is 32.1. The molecule has 0 aliphatic heterocycles. The summed E-state index contributed by atoms with van der Waals surface area (Å²) >= 11 is 1.55. The molecule has 0 saturated carbocycles. The van der Waals surface area contributed by atoms with Crippen molar-refractivity contribution in [3.63, 3.8) is 0 Å². The van der Waals surface area contributed by atoms with Gasteiger partial charge in [0.15, 0.2) is 6.61 Å². The van der Waals surface area contributed by atoms with Gasteiger partial charge < -0.3 is 14.0 Å². The Balaban J connectivity index is 1.55. The van der Waals surface area contributed by atoms with Crippen molar-refractivity contribution in [1.82, 2.24) is 5.16 Å². The minimum atomic E-state index is -0.546. The van der Waals surface area contributed by atoms with Crippen LogP contribution in [0.25, 0.3) is 0 Å². The van der Waals surface area contributed by atoms with E-state index in [1.807, 2.05) is 33.8 Å². The molecule has 28 heavy (non-hydrogen) atoms. The van der Waals surface area contributed by atoms with Gasteiger partial charge in [0.05, 0.1) is 16.8 Å². The molecule has 1 aromatic carbocycles. The highest BCUT2D eigenvalue weighted by Crippen LogP contribution is 2.21. The van der Waals surface area contributed by atoms with E-state index in [9.17, 15) is 9.59 Å². The number of aryl methyl sites for hydroxylation is 4. The molecule has 0 aliphatic rings. The quantitative estimate of drug-likeness (QED) is 0.427. The molecule has 0 fully saturated rings. The number of hydrogen-bond donors (Lipinski definition) is 0. The highest BCUT2D eigenvalue weighted by Gasteiger charge is 2.16. The summed E-state index contributed by atoms with van der Waals surface area (Å²) in [4.78, 5) is 26.4. The average Bonchev–Trinajstić information content (AvgIpc) is 3.18. The maximum atomic E-state index is 12.2. The highest BCUT2D eigenvalue weighted by molar-refractivity contribution is 7.12. The van der Waals surface area contributed by atoms with Gasteiger partial charge in [0.25, 0.3) is 0 Å². The van der Waals surface area contributed by atoms with E-state index in [0.29, 0.717) is 23.5 Å². The lowest BCUT2D eigenvalue weighted by molar-refractivity contribution is 0.0474. The summed E-state index contributed by atoms with van der Waals surface area (Å²) in [5.74, 6) is 0.584. The molecule has 6 nitrogen and oxygen atoms in total. The largest absolute Gasteiger partial charge is 0.489 e. The van der Waals surface area contributed by atoms with E-state index in [1.165, 1.54) is 0 Å². The fourth-order valence-electron chi connectivity index (χ4n) is 2.75. The van der Waals surface area contributed by atoms with Crippen LogP contribution < -0.4 is 4.74 Å². The Labute approximate surface area is 167 Å². The Hall–Kier alpha value is -2.93. The molecule has 0 aliphatic carbocycles. The maximum absolute atomic E-state index is 12.2. The van der Waals surface area contributed by atoms with E-state index in [2.05, 4.69) is 5.16 Å². The first-order chi connectivity index (χ1) is 13.3. The van der Waals surface area contributed by atoms with Crippen LogP contribution in [0.3, 0.4) is 0 Å². The lowest BCUT2D eigenvalue weighted by atomic mass is 10.1. The predicted octanol–water partition coefficient (Wildman–Crippen LogP) is 4.59. The summed E-state index contributed by atoms with van der Waals surface area (Å²) in [6, 6.07) is 8.40. The van der Waals surface area contributed by atoms with Crippen LogP contribution in [0.4, 0.5) is 0 Å². The molecule has 0 radical (unpaired) electrons. The van der Waals surface area contributed by atoms with E-state index < -0.39 is 5.97 Å². The van der Waals surface area contributed by atoms with E-state index in [1.54, 1.807) is 35.6 Å². The number of hydrogen-bond acceptors (Lipinski definition) is 7. The standard InChI is InChI=1S/C21H21NO5S/c1-12-9-18(15(4)28-12)20(23)11-26-21(24)16-5-7-17(8-6-16)25-10-19-13(2)22-27-14(19)3/h5-9H,10-11H2,1-4H3. The van der Waals surface area contributed by atoms with Gasteiger partial charge in [-0.2, -0.15) is 0 Å². The fraction of sp³-hybridized carbons (Fsp3) is 0.286. The molecule has 2 aromatic heterocycles. The number of carbonyl (C=O) groups excluding carboxylic acids is 2. The van der Waals surface area contributed by atoms with Gasteiger partial charge in [-0.3, -0.25) is 4.79 Å². The average molecular weight is 399 g/mol. The van der Waals surface area contributed by atoms with Crippen molar-refractivity contribution in [1.29, 1.82) is 0 Å². The molecule has 0 saturated heterocycles. The van der Waals surface area contributed by atoms with Crippen molar-refractivity contribution in [3.05, 3.63) is 68.2 Å². The maximum Gasteiger partial charge on any atom is 0.338 e. The van der Waals surface area contributed by atoms with Gasteiger partial charge in [0.1, 0.15) is 18.1 Å². The molecule has 0 amide bonds. The van der Waals surface area contributed by atoms with Crippen molar-refractivity contribution in [3.8, 4) is 5.75 Å². The smallest absolute Gasteiger partial charge is 0.338 e. The first-order valence-electron chi connectivity index (χ1n) is 8.77. The Bertz CT molecular complexity index is 981. The number of thiophene rings is 1. The van der Waals surface area contributed by atoms with E-state index in [-0.39, 0.29) is 12.4 Å². The van der Waals surface area contributed by atoms with Crippen molar-refractivity contribution in [2.75, 3.05) is 6.61 Å². The monoisotopic (exact) mass is 399 g/mol. The number of carbonyl (C=O) groups is 2. The zero-order valence-corrected chi connectivity index (χ0v) is 17.0. The zero-order chi connectivity index (χ0) is 20.3. The second-order valence-electron chi connectivity index (χ2n) is 6.44. The summed E-state index contributed by atoms with van der Waals surface area (Å²) in [6.07, 6.45) is 0. The molecule has 3 rings (SSSR count). The lowest BCUT2D eigenvalue weighted by Crippen LogP contribution is -2.14. The molecular formula is C21H21NO5S. The van der Waals surface area contributed by atoms with Crippen LogP contribution in [0, 0.1) is 27.7 Å². The fourth-order valence-corrected chi connectivity index (χ4v) is 3.69. The number of nitrogens with zero attached hydrogens (tertiary/aromatic N) is 1. The first kappa shape index (κ1) is 19.8. The van der Waals surface area contributed by atoms with Gasteiger partial charge in [0, 0.05) is 15.3 Å². The van der Waals surface area contributed by atoms with Gasteiger partial charge >= 0.3 is 5.97 Å². The van der Waals surface area contributed by atoms with Gasteiger partial charge in [-0.05, 0) is 58.0 Å². The van der Waals surface area contributed by atoms with Crippen molar-refractivity contribution >= 4 is 23.1 Å². The Morgan fingerprint density at radius 2 is 1.82 bits per heavy atom. The molecule has 0 N–H and O–H groups in total. The molecule has 0 spiro atoms. The van der Waals surface area contributed by atoms with Crippen LogP contribution >= 0.6 is 11.3 Å². The van der Waals surface area contributed by atoms with Gasteiger partial charge in [-0.15, -0.1) is 11.3 Å². The molecule has 3 aromatic rings. The molecule has 7 heteroatoms. The molecule has 0 bridgehead atoms. The first-order valence-corrected chi connectivity index (χ1v) is 9.58. The number of ketones is 1. The summed E-state index contributed by atoms with van der Waals surface area (Å²) in [6.45, 7) is 7.56. The van der Waals surface area contributed by atoms with Crippen molar-refractivity contribution in [2.45, 2.75) is 34.3 Å². The van der Waals surface area contributed by atoms with Gasteiger partial charge in [-0.25, -0.2) is 4.79 Å². The van der Waals surface area contributed by atoms with Crippen LogP contribution in [0.1, 0.15) is 47.5 Å². The number of Topliss-reactive ketones (excluding diaryl/α,β-unsaturated/α-hetero) is 1. The molecular weight excluding hydrogens is 378 g/mol.